The molecule has 11 heteroatoms. The summed E-state index contributed by atoms with van der Waals surface area (Å²) in [6, 6.07) is 6.56. The van der Waals surface area contributed by atoms with Gasteiger partial charge in [0.1, 0.15) is 4.70 Å². The lowest BCUT2D eigenvalue weighted by atomic mass is 10.1. The molecule has 0 bridgehead atoms. The highest BCUT2D eigenvalue weighted by molar-refractivity contribution is 7.98. The quantitative estimate of drug-likeness (QED) is 0.309. The van der Waals surface area contributed by atoms with Crippen LogP contribution in [0.4, 0.5) is 13.2 Å². The number of hydrogen-bond acceptors (Lipinski definition) is 7. The molecule has 1 fully saturated rings. The van der Waals surface area contributed by atoms with Gasteiger partial charge in [0.25, 0.3) is 5.56 Å². The van der Waals surface area contributed by atoms with Crippen molar-refractivity contribution in [3.05, 3.63) is 57.5 Å². The van der Waals surface area contributed by atoms with E-state index in [1.807, 2.05) is 11.4 Å². The van der Waals surface area contributed by atoms with Crippen LogP contribution in [0.3, 0.4) is 0 Å². The highest BCUT2D eigenvalue weighted by Crippen LogP contribution is 2.38. The molecule has 0 amide bonds. The van der Waals surface area contributed by atoms with Crippen molar-refractivity contribution in [2.24, 2.45) is 0 Å². The number of alkyl halides is 3. The number of hydrogen-bond donors (Lipinski definition) is 0. The van der Waals surface area contributed by atoms with E-state index >= 15 is 0 Å². The van der Waals surface area contributed by atoms with Crippen molar-refractivity contribution in [3.63, 3.8) is 0 Å². The normalized spacial score (nSPS) is 14.5. The molecule has 0 aliphatic heterocycles. The minimum atomic E-state index is -4.40. The molecule has 0 N–H and O–H groups in total. The first-order chi connectivity index (χ1) is 14.4. The maximum absolute atomic E-state index is 12.8. The van der Waals surface area contributed by atoms with Crippen LogP contribution in [0.5, 0.6) is 0 Å². The van der Waals surface area contributed by atoms with E-state index in [1.54, 1.807) is 4.57 Å². The van der Waals surface area contributed by atoms with E-state index in [-0.39, 0.29) is 17.4 Å². The lowest BCUT2D eigenvalue weighted by Crippen LogP contribution is -2.21. The number of fused-ring (bicyclic) bond motifs is 1. The second-order valence-corrected chi connectivity index (χ2v) is 8.67. The fourth-order valence-electron chi connectivity index (χ4n) is 3.03. The van der Waals surface area contributed by atoms with E-state index in [0.717, 1.165) is 25.0 Å². The Hall–Kier alpha value is -2.66. The van der Waals surface area contributed by atoms with Gasteiger partial charge >= 0.3 is 6.18 Å². The van der Waals surface area contributed by atoms with E-state index < -0.39 is 11.7 Å². The zero-order chi connectivity index (χ0) is 20.9. The van der Waals surface area contributed by atoms with E-state index in [2.05, 4.69) is 15.1 Å². The summed E-state index contributed by atoms with van der Waals surface area (Å²) in [6.07, 6.45) is -2.50. The fraction of sp³-hybridized carbons (Fsp3) is 0.263. The summed E-state index contributed by atoms with van der Waals surface area (Å²) in [4.78, 5) is 21.6. The minimum Gasteiger partial charge on any atom is -0.338 e. The highest BCUT2D eigenvalue weighted by atomic mass is 32.2. The van der Waals surface area contributed by atoms with Crippen molar-refractivity contribution in [3.8, 4) is 11.4 Å². The summed E-state index contributed by atoms with van der Waals surface area (Å²) in [7, 11) is 0. The molecule has 3 heterocycles. The van der Waals surface area contributed by atoms with Crippen LogP contribution in [0.1, 0.15) is 30.3 Å². The molecule has 5 rings (SSSR count). The Kier molecular flexibility index (Phi) is 4.66. The van der Waals surface area contributed by atoms with Gasteiger partial charge in [0.2, 0.25) is 11.7 Å². The van der Waals surface area contributed by atoms with Crippen LogP contribution >= 0.6 is 23.1 Å². The molecule has 0 saturated heterocycles. The van der Waals surface area contributed by atoms with Crippen molar-refractivity contribution in [1.82, 2.24) is 19.7 Å². The van der Waals surface area contributed by atoms with Gasteiger partial charge in [-0.15, -0.1) is 11.3 Å². The van der Waals surface area contributed by atoms with Gasteiger partial charge in [-0.2, -0.15) is 18.2 Å². The van der Waals surface area contributed by atoms with Gasteiger partial charge in [-0.05, 0) is 36.4 Å². The van der Waals surface area contributed by atoms with E-state index in [0.29, 0.717) is 32.6 Å². The summed E-state index contributed by atoms with van der Waals surface area (Å²) < 4.78 is 45.7. The standard InChI is InChI=1S/C19H13F3N4O2S2/c20-19(21,22)11-3-1-10(2-4-11)16-24-14(28-25-16)9-30-18-23-13-7-8-29-15(13)17(27)26(18)12-5-6-12/h1-4,7-8,12H,5-6,9H2. The van der Waals surface area contributed by atoms with E-state index in [1.165, 1.54) is 35.2 Å². The largest absolute Gasteiger partial charge is 0.416 e. The fourth-order valence-corrected chi connectivity index (χ4v) is 4.70. The molecule has 0 spiro atoms. The van der Waals surface area contributed by atoms with Crippen molar-refractivity contribution in [1.29, 1.82) is 0 Å². The first kappa shape index (κ1) is 19.3. The molecule has 1 aromatic carbocycles. The SMILES string of the molecule is O=c1c2sccc2nc(SCc2nc(-c3ccc(C(F)(F)F)cc3)no2)n1C1CC1. The molecule has 0 radical (unpaired) electrons. The summed E-state index contributed by atoms with van der Waals surface area (Å²) in [5, 5.41) is 6.30. The monoisotopic (exact) mass is 450 g/mol. The zero-order valence-electron chi connectivity index (χ0n) is 15.2. The second kappa shape index (κ2) is 7.24. The summed E-state index contributed by atoms with van der Waals surface area (Å²) >= 11 is 2.71. The van der Waals surface area contributed by atoms with Gasteiger partial charge in [0, 0.05) is 11.6 Å². The van der Waals surface area contributed by atoms with Gasteiger partial charge in [-0.3, -0.25) is 9.36 Å². The van der Waals surface area contributed by atoms with Crippen LogP contribution in [-0.2, 0) is 11.9 Å². The van der Waals surface area contributed by atoms with Crippen LogP contribution in [0, 0.1) is 0 Å². The van der Waals surface area contributed by atoms with Gasteiger partial charge in [0.05, 0.1) is 16.8 Å². The molecule has 1 aliphatic carbocycles. The van der Waals surface area contributed by atoms with Crippen LogP contribution in [0.25, 0.3) is 21.6 Å². The van der Waals surface area contributed by atoms with Gasteiger partial charge in [-0.25, -0.2) is 4.98 Å². The molecular formula is C19H13F3N4O2S2. The first-order valence-electron chi connectivity index (χ1n) is 9.03. The Morgan fingerprint density at radius 1 is 1.17 bits per heavy atom. The molecule has 0 unspecified atom stereocenters. The molecule has 4 aromatic rings. The molecule has 6 nitrogen and oxygen atoms in total. The van der Waals surface area contributed by atoms with E-state index in [4.69, 9.17) is 4.52 Å². The Morgan fingerprint density at radius 2 is 1.93 bits per heavy atom. The lowest BCUT2D eigenvalue weighted by molar-refractivity contribution is -0.137. The minimum absolute atomic E-state index is 0.0315. The molecule has 1 aliphatic rings. The van der Waals surface area contributed by atoms with Crippen LogP contribution in [-0.4, -0.2) is 19.7 Å². The average Bonchev–Trinajstić information content (AvgIpc) is 3.24. The van der Waals surface area contributed by atoms with Crippen LogP contribution in [0.2, 0.25) is 0 Å². The molecule has 0 atom stereocenters. The van der Waals surface area contributed by atoms with Crippen LogP contribution < -0.4 is 5.56 Å². The molecular weight excluding hydrogens is 437 g/mol. The van der Waals surface area contributed by atoms with Crippen molar-refractivity contribution in [2.45, 2.75) is 36.0 Å². The average molecular weight is 450 g/mol. The predicted molar refractivity (Wildman–Crippen MR) is 106 cm³/mol. The van der Waals surface area contributed by atoms with Crippen molar-refractivity contribution in [2.75, 3.05) is 0 Å². The second-order valence-electron chi connectivity index (χ2n) is 6.81. The molecule has 30 heavy (non-hydrogen) atoms. The van der Waals surface area contributed by atoms with Crippen molar-refractivity contribution < 1.29 is 17.7 Å². The third kappa shape index (κ3) is 3.63. The topological polar surface area (TPSA) is 73.8 Å². The predicted octanol–water partition coefficient (Wildman–Crippen LogP) is 5.15. The third-order valence-electron chi connectivity index (χ3n) is 4.65. The number of thioether (sulfide) groups is 1. The summed E-state index contributed by atoms with van der Waals surface area (Å²) in [5.74, 6) is 0.805. The van der Waals surface area contributed by atoms with Gasteiger partial charge < -0.3 is 4.52 Å². The number of thiophene rings is 1. The smallest absolute Gasteiger partial charge is 0.338 e. The number of benzene rings is 1. The number of aromatic nitrogens is 4. The molecule has 154 valence electrons. The highest BCUT2D eigenvalue weighted by Gasteiger charge is 2.30. The summed E-state index contributed by atoms with van der Waals surface area (Å²) in [5.41, 5.74) is 0.325. The maximum atomic E-state index is 12.8. The lowest BCUT2D eigenvalue weighted by Gasteiger charge is -2.09. The Bertz CT molecular complexity index is 1270. The zero-order valence-corrected chi connectivity index (χ0v) is 16.9. The van der Waals surface area contributed by atoms with Gasteiger partial charge in [-0.1, -0.05) is 29.1 Å². The molecule has 1 saturated carbocycles. The number of rotatable bonds is 5. The number of nitrogens with zero attached hydrogens (tertiary/aromatic N) is 4. The van der Waals surface area contributed by atoms with Crippen LogP contribution in [0.15, 0.2) is 50.2 Å². The maximum Gasteiger partial charge on any atom is 0.416 e. The Morgan fingerprint density at radius 3 is 2.63 bits per heavy atom. The van der Waals surface area contributed by atoms with Crippen molar-refractivity contribution >= 4 is 33.3 Å². The van der Waals surface area contributed by atoms with Gasteiger partial charge in [0.15, 0.2) is 5.16 Å². The Labute approximate surface area is 175 Å². The summed E-state index contributed by atoms with van der Waals surface area (Å²) in [6.45, 7) is 0. The Balaban J connectivity index is 1.36. The van der Waals surface area contributed by atoms with E-state index in [9.17, 15) is 18.0 Å². The third-order valence-corrected chi connectivity index (χ3v) is 6.48. The molecule has 3 aromatic heterocycles. The first-order valence-corrected chi connectivity index (χ1v) is 10.9. The number of halogens is 3.